The lowest BCUT2D eigenvalue weighted by Crippen LogP contribution is -1.89. The molecule has 1 aromatic heterocycles. The first kappa shape index (κ1) is 8.29. The summed E-state index contributed by atoms with van der Waals surface area (Å²) < 4.78 is 19.3. The van der Waals surface area contributed by atoms with Gasteiger partial charge >= 0.3 is 0 Å². The van der Waals surface area contributed by atoms with Crippen molar-refractivity contribution < 1.29 is 8.81 Å². The van der Waals surface area contributed by atoms with Crippen molar-refractivity contribution in [1.82, 2.24) is 0 Å². The highest BCUT2D eigenvalue weighted by Crippen LogP contribution is 2.32. The Morgan fingerprint density at radius 3 is 2.67 bits per heavy atom. The Kier molecular flexibility index (Phi) is 1.51. The van der Waals surface area contributed by atoms with Crippen LogP contribution in [0.1, 0.15) is 0 Å². The average Bonchev–Trinajstić information content (AvgIpc) is 2.62. The van der Waals surface area contributed by atoms with Crippen molar-refractivity contribution in [2.75, 3.05) is 5.73 Å². The summed E-state index contributed by atoms with van der Waals surface area (Å²) >= 11 is 0. The maximum atomic E-state index is 13.8. The number of rotatable bonds is 0. The maximum Gasteiger partial charge on any atom is 0.157 e. The topological polar surface area (TPSA) is 39.2 Å². The Hall–Kier alpha value is -2.03. The summed E-state index contributed by atoms with van der Waals surface area (Å²) in [6, 6.07) is 10.5. The second-order valence-corrected chi connectivity index (χ2v) is 3.44. The lowest BCUT2D eigenvalue weighted by atomic mass is 10.1. The zero-order valence-corrected chi connectivity index (χ0v) is 7.83. The molecule has 3 aromatic rings. The molecule has 2 N–H and O–H groups in total. The molecular weight excluding hydrogens is 193 g/mol. The van der Waals surface area contributed by atoms with Crippen LogP contribution < -0.4 is 5.73 Å². The molecule has 0 aliphatic carbocycles. The molecule has 0 bridgehead atoms. The smallest absolute Gasteiger partial charge is 0.157 e. The minimum atomic E-state index is -0.405. The van der Waals surface area contributed by atoms with Crippen molar-refractivity contribution >= 4 is 27.6 Å². The monoisotopic (exact) mass is 201 g/mol. The number of hydrogen-bond acceptors (Lipinski definition) is 2. The van der Waals surface area contributed by atoms with Gasteiger partial charge in [0.1, 0.15) is 11.2 Å². The highest BCUT2D eigenvalue weighted by molar-refractivity contribution is 6.06. The van der Waals surface area contributed by atoms with E-state index in [9.17, 15) is 4.39 Å². The van der Waals surface area contributed by atoms with E-state index in [1.807, 2.05) is 24.3 Å². The van der Waals surface area contributed by atoms with Gasteiger partial charge in [0, 0.05) is 5.39 Å². The highest BCUT2D eigenvalue weighted by atomic mass is 19.1. The fourth-order valence-electron chi connectivity index (χ4n) is 1.79. The third-order valence-corrected chi connectivity index (χ3v) is 2.51. The van der Waals surface area contributed by atoms with E-state index in [0.29, 0.717) is 16.6 Å². The first-order valence-corrected chi connectivity index (χ1v) is 4.62. The molecule has 0 saturated carbocycles. The molecule has 1 heterocycles. The van der Waals surface area contributed by atoms with Gasteiger partial charge in [-0.15, -0.1) is 0 Å². The lowest BCUT2D eigenvalue weighted by molar-refractivity contribution is 0.637. The molecule has 74 valence electrons. The van der Waals surface area contributed by atoms with E-state index in [4.69, 9.17) is 10.2 Å². The minimum absolute atomic E-state index is 0.147. The Morgan fingerprint density at radius 1 is 1.00 bits per heavy atom. The Morgan fingerprint density at radius 2 is 1.80 bits per heavy atom. The van der Waals surface area contributed by atoms with Crippen molar-refractivity contribution in [3.05, 3.63) is 42.2 Å². The second kappa shape index (κ2) is 2.73. The Balaban J connectivity index is 2.63. The molecule has 0 aliphatic rings. The summed E-state index contributed by atoms with van der Waals surface area (Å²) in [4.78, 5) is 0. The van der Waals surface area contributed by atoms with Gasteiger partial charge in [-0.25, -0.2) is 4.39 Å². The SMILES string of the molecule is Nc1ccc2oc3ccccc3c2c1F. The Bertz CT molecular complexity index is 657. The molecule has 0 amide bonds. The van der Waals surface area contributed by atoms with Crippen LogP contribution in [0.15, 0.2) is 40.8 Å². The predicted octanol–water partition coefficient (Wildman–Crippen LogP) is 3.31. The second-order valence-electron chi connectivity index (χ2n) is 3.44. The lowest BCUT2D eigenvalue weighted by Gasteiger charge is -1.96. The number of fused-ring (bicyclic) bond motifs is 3. The molecule has 2 aromatic carbocycles. The van der Waals surface area contributed by atoms with Crippen molar-refractivity contribution in [2.24, 2.45) is 0 Å². The quantitative estimate of drug-likeness (QED) is 0.567. The fourth-order valence-corrected chi connectivity index (χ4v) is 1.79. The van der Waals surface area contributed by atoms with Crippen LogP contribution in [-0.4, -0.2) is 0 Å². The number of nitrogen functional groups attached to an aromatic ring is 1. The predicted molar refractivity (Wildman–Crippen MR) is 58.1 cm³/mol. The first-order chi connectivity index (χ1) is 7.27. The summed E-state index contributed by atoms with van der Waals surface area (Å²) in [7, 11) is 0. The van der Waals surface area contributed by atoms with E-state index >= 15 is 0 Å². The summed E-state index contributed by atoms with van der Waals surface area (Å²) in [6.45, 7) is 0. The van der Waals surface area contributed by atoms with E-state index in [-0.39, 0.29) is 5.69 Å². The van der Waals surface area contributed by atoms with Crippen molar-refractivity contribution in [2.45, 2.75) is 0 Å². The van der Waals surface area contributed by atoms with E-state index in [2.05, 4.69) is 0 Å². The molecule has 0 spiro atoms. The van der Waals surface area contributed by atoms with Gasteiger partial charge in [-0.05, 0) is 18.2 Å². The molecule has 0 radical (unpaired) electrons. The minimum Gasteiger partial charge on any atom is -0.456 e. The van der Waals surface area contributed by atoms with Gasteiger partial charge in [-0.3, -0.25) is 0 Å². The van der Waals surface area contributed by atoms with Crippen LogP contribution in [0.5, 0.6) is 0 Å². The standard InChI is InChI=1S/C12H8FNO/c13-12-8(14)5-6-10-11(12)7-3-1-2-4-9(7)15-10/h1-6H,14H2. The summed E-state index contributed by atoms with van der Waals surface area (Å²) in [5.41, 5.74) is 6.87. The van der Waals surface area contributed by atoms with Crippen molar-refractivity contribution in [1.29, 1.82) is 0 Å². The van der Waals surface area contributed by atoms with Gasteiger partial charge < -0.3 is 10.2 Å². The molecule has 0 fully saturated rings. The third kappa shape index (κ3) is 1.03. The fraction of sp³-hybridized carbons (Fsp3) is 0. The van der Waals surface area contributed by atoms with Crippen LogP contribution in [0.4, 0.5) is 10.1 Å². The van der Waals surface area contributed by atoms with Gasteiger partial charge in [0.2, 0.25) is 0 Å². The third-order valence-electron chi connectivity index (χ3n) is 2.51. The molecular formula is C12H8FNO. The van der Waals surface area contributed by atoms with Crippen LogP contribution in [0.3, 0.4) is 0 Å². The van der Waals surface area contributed by atoms with Crippen molar-refractivity contribution in [3.63, 3.8) is 0 Å². The van der Waals surface area contributed by atoms with Crippen molar-refractivity contribution in [3.8, 4) is 0 Å². The molecule has 3 rings (SSSR count). The van der Waals surface area contributed by atoms with Gasteiger partial charge in [-0.2, -0.15) is 0 Å². The normalized spacial score (nSPS) is 11.3. The molecule has 0 unspecified atom stereocenters. The Labute approximate surface area is 85.1 Å². The number of anilines is 1. The summed E-state index contributed by atoms with van der Waals surface area (Å²) in [5, 5.41) is 1.22. The molecule has 3 heteroatoms. The number of benzene rings is 2. The number of halogens is 1. The van der Waals surface area contributed by atoms with Crippen LogP contribution >= 0.6 is 0 Å². The zero-order chi connectivity index (χ0) is 10.4. The number of hydrogen-bond donors (Lipinski definition) is 1. The van der Waals surface area contributed by atoms with Gasteiger partial charge in [0.05, 0.1) is 11.1 Å². The summed E-state index contributed by atoms with van der Waals surface area (Å²) in [6.07, 6.45) is 0. The maximum absolute atomic E-state index is 13.8. The van der Waals surface area contributed by atoms with Crippen LogP contribution in [0.25, 0.3) is 21.9 Å². The molecule has 0 atom stereocenters. The molecule has 0 aliphatic heterocycles. The van der Waals surface area contributed by atoms with E-state index < -0.39 is 5.82 Å². The van der Waals surface area contributed by atoms with Gasteiger partial charge in [0.15, 0.2) is 5.82 Å². The number of nitrogens with two attached hydrogens (primary N) is 1. The average molecular weight is 201 g/mol. The molecule has 15 heavy (non-hydrogen) atoms. The largest absolute Gasteiger partial charge is 0.456 e. The summed E-state index contributed by atoms with van der Waals surface area (Å²) in [5.74, 6) is -0.405. The number of furan rings is 1. The van der Waals surface area contributed by atoms with Crippen LogP contribution in [-0.2, 0) is 0 Å². The number of para-hydroxylation sites is 1. The van der Waals surface area contributed by atoms with Gasteiger partial charge in [-0.1, -0.05) is 18.2 Å². The van der Waals surface area contributed by atoms with Crippen LogP contribution in [0.2, 0.25) is 0 Å². The molecule has 2 nitrogen and oxygen atoms in total. The molecule has 0 saturated heterocycles. The zero-order valence-electron chi connectivity index (χ0n) is 7.83. The van der Waals surface area contributed by atoms with Crippen LogP contribution in [0, 0.1) is 5.82 Å². The first-order valence-electron chi connectivity index (χ1n) is 4.62. The van der Waals surface area contributed by atoms with E-state index in [0.717, 1.165) is 5.39 Å². The van der Waals surface area contributed by atoms with E-state index in [1.54, 1.807) is 6.07 Å². The highest BCUT2D eigenvalue weighted by Gasteiger charge is 2.12. The van der Waals surface area contributed by atoms with E-state index in [1.165, 1.54) is 6.07 Å². The van der Waals surface area contributed by atoms with Gasteiger partial charge in [0.25, 0.3) is 0 Å².